The van der Waals surface area contributed by atoms with Crippen molar-refractivity contribution in [2.75, 3.05) is 12.4 Å². The summed E-state index contributed by atoms with van der Waals surface area (Å²) in [5.74, 6) is 1.33. The fourth-order valence-electron chi connectivity index (χ4n) is 2.84. The minimum atomic E-state index is 0.433. The van der Waals surface area contributed by atoms with Gasteiger partial charge in [0.05, 0.1) is 5.01 Å². The Hall–Kier alpha value is -1.27. The van der Waals surface area contributed by atoms with Crippen LogP contribution >= 0.6 is 11.3 Å². The molecule has 1 fully saturated rings. The number of nitrogens with one attached hydrogen (secondary N) is 2. The standard InChI is InChI=1S/C15H23N5S/c1-9(2)14-20-12-13(17-8-18-15(12)21-14)19-11-6-4-10(16-3)5-7-11/h8-11,16H,4-7H2,1-3H3,(H,17,18,19). The molecule has 0 atom stereocenters. The highest BCUT2D eigenvalue weighted by molar-refractivity contribution is 7.18. The first-order valence-corrected chi connectivity index (χ1v) is 8.54. The minimum Gasteiger partial charge on any atom is -0.365 e. The van der Waals surface area contributed by atoms with E-state index in [4.69, 9.17) is 4.98 Å². The van der Waals surface area contributed by atoms with Crippen LogP contribution in [0.5, 0.6) is 0 Å². The summed E-state index contributed by atoms with van der Waals surface area (Å²) < 4.78 is 0. The molecule has 5 nitrogen and oxygen atoms in total. The highest BCUT2D eigenvalue weighted by Gasteiger charge is 2.21. The summed E-state index contributed by atoms with van der Waals surface area (Å²) in [6, 6.07) is 1.16. The van der Waals surface area contributed by atoms with Gasteiger partial charge in [0.15, 0.2) is 5.82 Å². The first-order chi connectivity index (χ1) is 10.2. The number of fused-ring (bicyclic) bond motifs is 1. The number of hydrogen-bond acceptors (Lipinski definition) is 6. The number of rotatable bonds is 4. The van der Waals surface area contributed by atoms with Gasteiger partial charge in [-0.25, -0.2) is 15.0 Å². The van der Waals surface area contributed by atoms with Crippen LogP contribution in [-0.4, -0.2) is 34.1 Å². The topological polar surface area (TPSA) is 62.7 Å². The molecule has 1 aliphatic rings. The third-order valence-electron chi connectivity index (χ3n) is 4.18. The second-order valence-electron chi connectivity index (χ2n) is 6.06. The number of thiazole rings is 1. The van der Waals surface area contributed by atoms with Gasteiger partial charge in [0.25, 0.3) is 0 Å². The lowest BCUT2D eigenvalue weighted by atomic mass is 9.91. The van der Waals surface area contributed by atoms with Gasteiger partial charge in [-0.3, -0.25) is 0 Å². The maximum absolute atomic E-state index is 4.73. The maximum Gasteiger partial charge on any atom is 0.157 e. The van der Waals surface area contributed by atoms with Crippen molar-refractivity contribution in [3.05, 3.63) is 11.3 Å². The van der Waals surface area contributed by atoms with Gasteiger partial charge in [-0.1, -0.05) is 25.2 Å². The highest BCUT2D eigenvalue weighted by Crippen LogP contribution is 2.30. The van der Waals surface area contributed by atoms with Gasteiger partial charge in [0, 0.05) is 18.0 Å². The molecule has 0 bridgehead atoms. The molecule has 0 amide bonds. The summed E-state index contributed by atoms with van der Waals surface area (Å²) in [5.41, 5.74) is 0.932. The van der Waals surface area contributed by atoms with E-state index >= 15 is 0 Å². The molecule has 1 aliphatic carbocycles. The van der Waals surface area contributed by atoms with Crippen molar-refractivity contribution in [2.45, 2.75) is 57.5 Å². The SMILES string of the molecule is CNC1CCC(Nc2ncnc3sc(C(C)C)nc23)CC1. The molecule has 21 heavy (non-hydrogen) atoms. The van der Waals surface area contributed by atoms with E-state index in [-0.39, 0.29) is 0 Å². The van der Waals surface area contributed by atoms with Crippen molar-refractivity contribution in [3.63, 3.8) is 0 Å². The normalized spacial score (nSPS) is 22.9. The van der Waals surface area contributed by atoms with E-state index in [2.05, 4.69) is 41.5 Å². The molecule has 0 aliphatic heterocycles. The monoisotopic (exact) mass is 305 g/mol. The Bertz CT molecular complexity index is 601. The molecule has 2 aromatic rings. The quantitative estimate of drug-likeness (QED) is 0.908. The van der Waals surface area contributed by atoms with Gasteiger partial charge in [-0.2, -0.15) is 0 Å². The van der Waals surface area contributed by atoms with E-state index in [0.717, 1.165) is 21.2 Å². The molecule has 3 rings (SSSR count). The van der Waals surface area contributed by atoms with Gasteiger partial charge in [0.2, 0.25) is 0 Å². The second kappa shape index (κ2) is 6.23. The fraction of sp³-hybridized carbons (Fsp3) is 0.667. The van der Waals surface area contributed by atoms with Crippen LogP contribution in [0.1, 0.15) is 50.5 Å². The first-order valence-electron chi connectivity index (χ1n) is 7.72. The van der Waals surface area contributed by atoms with Crippen molar-refractivity contribution in [1.82, 2.24) is 20.3 Å². The predicted octanol–water partition coefficient (Wildman–Crippen LogP) is 3.15. The van der Waals surface area contributed by atoms with Gasteiger partial charge in [-0.05, 0) is 32.7 Å². The molecule has 0 unspecified atom stereocenters. The zero-order valence-corrected chi connectivity index (χ0v) is 13.7. The van der Waals surface area contributed by atoms with E-state index in [1.165, 1.54) is 25.7 Å². The van der Waals surface area contributed by atoms with Crippen molar-refractivity contribution < 1.29 is 0 Å². The molecule has 114 valence electrons. The summed E-state index contributed by atoms with van der Waals surface area (Å²) in [4.78, 5) is 14.5. The molecule has 0 saturated heterocycles. The molecular weight excluding hydrogens is 282 g/mol. The van der Waals surface area contributed by atoms with Crippen LogP contribution in [0.3, 0.4) is 0 Å². The molecule has 2 aromatic heterocycles. The largest absolute Gasteiger partial charge is 0.365 e. The van der Waals surface area contributed by atoms with Crippen molar-refractivity contribution in [3.8, 4) is 0 Å². The van der Waals surface area contributed by atoms with Crippen molar-refractivity contribution in [2.24, 2.45) is 0 Å². The maximum atomic E-state index is 4.73. The molecule has 1 saturated carbocycles. The van der Waals surface area contributed by atoms with E-state index < -0.39 is 0 Å². The molecule has 0 spiro atoms. The van der Waals surface area contributed by atoms with E-state index in [1.54, 1.807) is 17.7 Å². The zero-order valence-electron chi connectivity index (χ0n) is 12.9. The van der Waals surface area contributed by atoms with Gasteiger partial charge < -0.3 is 10.6 Å². The number of nitrogens with zero attached hydrogens (tertiary/aromatic N) is 3. The Labute approximate surface area is 129 Å². The summed E-state index contributed by atoms with van der Waals surface area (Å²) in [6.07, 6.45) is 6.44. The first kappa shape index (κ1) is 14.7. The summed E-state index contributed by atoms with van der Waals surface area (Å²) in [6.45, 7) is 4.33. The lowest BCUT2D eigenvalue weighted by Crippen LogP contribution is -2.35. The summed E-state index contributed by atoms with van der Waals surface area (Å²) in [7, 11) is 2.05. The van der Waals surface area contributed by atoms with Crippen LogP contribution in [0.15, 0.2) is 6.33 Å². The van der Waals surface area contributed by atoms with Crippen LogP contribution in [0.2, 0.25) is 0 Å². The Morgan fingerprint density at radius 1 is 1.14 bits per heavy atom. The zero-order chi connectivity index (χ0) is 14.8. The van der Waals surface area contributed by atoms with E-state index in [0.29, 0.717) is 18.0 Å². The Balaban J connectivity index is 1.78. The molecule has 2 heterocycles. The average molecular weight is 305 g/mol. The van der Waals surface area contributed by atoms with Crippen LogP contribution in [-0.2, 0) is 0 Å². The minimum absolute atomic E-state index is 0.433. The lowest BCUT2D eigenvalue weighted by Gasteiger charge is -2.29. The highest BCUT2D eigenvalue weighted by atomic mass is 32.1. The average Bonchev–Trinajstić information content (AvgIpc) is 2.93. The van der Waals surface area contributed by atoms with E-state index in [9.17, 15) is 0 Å². The van der Waals surface area contributed by atoms with Gasteiger partial charge in [0.1, 0.15) is 16.7 Å². The van der Waals surface area contributed by atoms with Gasteiger partial charge >= 0.3 is 0 Å². The number of hydrogen-bond donors (Lipinski definition) is 2. The smallest absolute Gasteiger partial charge is 0.157 e. The summed E-state index contributed by atoms with van der Waals surface area (Å²) in [5, 5.41) is 8.09. The van der Waals surface area contributed by atoms with Crippen LogP contribution in [0.4, 0.5) is 5.82 Å². The number of anilines is 1. The van der Waals surface area contributed by atoms with Crippen molar-refractivity contribution in [1.29, 1.82) is 0 Å². The number of aromatic nitrogens is 3. The Morgan fingerprint density at radius 3 is 2.52 bits per heavy atom. The molecular formula is C15H23N5S. The molecule has 0 aromatic carbocycles. The third kappa shape index (κ3) is 3.16. The molecule has 2 N–H and O–H groups in total. The lowest BCUT2D eigenvalue weighted by molar-refractivity contribution is 0.371. The Kier molecular flexibility index (Phi) is 4.35. The molecule has 0 radical (unpaired) electrons. The summed E-state index contributed by atoms with van der Waals surface area (Å²) >= 11 is 1.67. The van der Waals surface area contributed by atoms with Crippen molar-refractivity contribution >= 4 is 27.5 Å². The molecule has 6 heteroatoms. The van der Waals surface area contributed by atoms with Crippen LogP contribution in [0.25, 0.3) is 10.3 Å². The fourth-order valence-corrected chi connectivity index (χ4v) is 3.75. The van der Waals surface area contributed by atoms with Gasteiger partial charge in [-0.15, -0.1) is 0 Å². The Morgan fingerprint density at radius 2 is 1.86 bits per heavy atom. The van der Waals surface area contributed by atoms with E-state index in [1.807, 2.05) is 0 Å². The van der Waals surface area contributed by atoms with Crippen LogP contribution < -0.4 is 10.6 Å². The second-order valence-corrected chi connectivity index (χ2v) is 7.07. The van der Waals surface area contributed by atoms with Crippen LogP contribution in [0, 0.1) is 0 Å². The third-order valence-corrected chi connectivity index (χ3v) is 5.45. The predicted molar refractivity (Wildman–Crippen MR) is 88.0 cm³/mol.